The summed E-state index contributed by atoms with van der Waals surface area (Å²) in [6.45, 7) is 4.94. The molecule has 0 spiro atoms. The lowest BCUT2D eigenvalue weighted by atomic mass is 9.97. The maximum Gasteiger partial charge on any atom is 0.224 e. The molecule has 1 rings (SSSR count). The molecule has 0 aromatic carbocycles. The van der Waals surface area contributed by atoms with Crippen LogP contribution in [0, 0.1) is 11.8 Å². The summed E-state index contributed by atoms with van der Waals surface area (Å²) >= 11 is 0. The predicted molar refractivity (Wildman–Crippen MR) is 47.6 cm³/mol. The molecule has 2 unspecified atom stereocenters. The SMILES string of the molecule is CC1CNCC1C(=O)NCCN. The first-order chi connectivity index (χ1) is 5.75. The van der Waals surface area contributed by atoms with Crippen LogP contribution >= 0.6 is 0 Å². The highest BCUT2D eigenvalue weighted by atomic mass is 16.1. The molecular weight excluding hydrogens is 154 g/mol. The third-order valence-electron chi connectivity index (χ3n) is 2.30. The van der Waals surface area contributed by atoms with Crippen LogP contribution in [0.15, 0.2) is 0 Å². The third kappa shape index (κ3) is 2.19. The highest BCUT2D eigenvalue weighted by molar-refractivity contribution is 5.79. The van der Waals surface area contributed by atoms with E-state index >= 15 is 0 Å². The second kappa shape index (κ2) is 4.42. The van der Waals surface area contributed by atoms with Crippen molar-refractivity contribution in [2.75, 3.05) is 26.2 Å². The summed E-state index contributed by atoms with van der Waals surface area (Å²) in [5.74, 6) is 0.720. The van der Waals surface area contributed by atoms with Crippen LogP contribution < -0.4 is 16.4 Å². The average Bonchev–Trinajstić information content (AvgIpc) is 2.47. The molecule has 0 aromatic heterocycles. The molecule has 0 aromatic rings. The lowest BCUT2D eigenvalue weighted by Crippen LogP contribution is -2.37. The summed E-state index contributed by atoms with van der Waals surface area (Å²) in [5.41, 5.74) is 5.28. The van der Waals surface area contributed by atoms with Gasteiger partial charge in [-0.15, -0.1) is 0 Å². The molecule has 4 N–H and O–H groups in total. The second-order valence-corrected chi connectivity index (χ2v) is 3.32. The number of carbonyl (C=O) groups excluding carboxylic acids is 1. The zero-order valence-corrected chi connectivity index (χ0v) is 7.47. The van der Waals surface area contributed by atoms with Gasteiger partial charge < -0.3 is 16.4 Å². The molecular formula is C8H17N3O. The Labute approximate surface area is 72.9 Å². The van der Waals surface area contributed by atoms with Gasteiger partial charge in [0.15, 0.2) is 0 Å². The number of nitrogens with one attached hydrogen (secondary N) is 2. The maximum atomic E-state index is 11.4. The molecule has 1 saturated heterocycles. The number of hydrogen-bond acceptors (Lipinski definition) is 3. The van der Waals surface area contributed by atoms with Crippen molar-refractivity contribution in [1.29, 1.82) is 0 Å². The summed E-state index contributed by atoms with van der Waals surface area (Å²) in [7, 11) is 0. The standard InChI is InChI=1S/C8H17N3O/c1-6-4-10-5-7(6)8(12)11-3-2-9/h6-7,10H,2-5,9H2,1H3,(H,11,12). The van der Waals surface area contributed by atoms with E-state index in [4.69, 9.17) is 5.73 Å². The van der Waals surface area contributed by atoms with Gasteiger partial charge in [-0.2, -0.15) is 0 Å². The fourth-order valence-electron chi connectivity index (χ4n) is 1.49. The van der Waals surface area contributed by atoms with Crippen LogP contribution in [-0.2, 0) is 4.79 Å². The predicted octanol–water partition coefficient (Wildman–Crippen LogP) is -1.08. The Bertz CT molecular complexity index is 160. The minimum atomic E-state index is 0.136. The molecule has 12 heavy (non-hydrogen) atoms. The van der Waals surface area contributed by atoms with Gasteiger partial charge in [-0.3, -0.25) is 4.79 Å². The Balaban J connectivity index is 2.30. The molecule has 1 amide bonds. The highest BCUT2D eigenvalue weighted by Gasteiger charge is 2.28. The number of amides is 1. The van der Waals surface area contributed by atoms with E-state index in [2.05, 4.69) is 17.6 Å². The van der Waals surface area contributed by atoms with Gasteiger partial charge in [-0.25, -0.2) is 0 Å². The van der Waals surface area contributed by atoms with E-state index < -0.39 is 0 Å². The number of nitrogens with two attached hydrogens (primary N) is 1. The molecule has 1 aliphatic rings. The Hall–Kier alpha value is -0.610. The smallest absolute Gasteiger partial charge is 0.224 e. The fourth-order valence-corrected chi connectivity index (χ4v) is 1.49. The van der Waals surface area contributed by atoms with E-state index in [1.54, 1.807) is 0 Å². The summed E-state index contributed by atoms with van der Waals surface area (Å²) < 4.78 is 0. The van der Waals surface area contributed by atoms with Crippen LogP contribution in [0.4, 0.5) is 0 Å². The van der Waals surface area contributed by atoms with Gasteiger partial charge in [0.1, 0.15) is 0 Å². The van der Waals surface area contributed by atoms with Gasteiger partial charge in [0.2, 0.25) is 5.91 Å². The van der Waals surface area contributed by atoms with E-state index in [0.29, 0.717) is 19.0 Å². The van der Waals surface area contributed by atoms with E-state index in [9.17, 15) is 4.79 Å². The molecule has 4 heteroatoms. The van der Waals surface area contributed by atoms with Crippen molar-refractivity contribution in [2.24, 2.45) is 17.6 Å². The molecule has 0 saturated carbocycles. The van der Waals surface area contributed by atoms with Crippen molar-refractivity contribution in [3.8, 4) is 0 Å². The number of carbonyl (C=O) groups is 1. The van der Waals surface area contributed by atoms with Crippen molar-refractivity contribution >= 4 is 5.91 Å². The number of rotatable bonds is 3. The zero-order valence-electron chi connectivity index (χ0n) is 7.47. The van der Waals surface area contributed by atoms with E-state index in [1.165, 1.54) is 0 Å². The third-order valence-corrected chi connectivity index (χ3v) is 2.30. The van der Waals surface area contributed by atoms with Gasteiger partial charge in [0, 0.05) is 19.6 Å². The summed E-state index contributed by atoms with van der Waals surface area (Å²) in [4.78, 5) is 11.4. The van der Waals surface area contributed by atoms with Crippen molar-refractivity contribution in [1.82, 2.24) is 10.6 Å². The quantitative estimate of drug-likeness (QED) is 0.506. The average molecular weight is 171 g/mol. The normalized spacial score (nSPS) is 28.8. The van der Waals surface area contributed by atoms with Crippen LogP contribution in [-0.4, -0.2) is 32.1 Å². The highest BCUT2D eigenvalue weighted by Crippen LogP contribution is 2.15. The van der Waals surface area contributed by atoms with Crippen molar-refractivity contribution in [3.63, 3.8) is 0 Å². The molecule has 1 fully saturated rings. The fraction of sp³-hybridized carbons (Fsp3) is 0.875. The largest absolute Gasteiger partial charge is 0.355 e. The van der Waals surface area contributed by atoms with Gasteiger partial charge in [-0.1, -0.05) is 6.92 Å². The molecule has 4 nitrogen and oxygen atoms in total. The molecule has 1 aliphatic heterocycles. The van der Waals surface area contributed by atoms with Gasteiger partial charge >= 0.3 is 0 Å². The first-order valence-electron chi connectivity index (χ1n) is 4.44. The monoisotopic (exact) mass is 171 g/mol. The molecule has 70 valence electrons. The Kier molecular flexibility index (Phi) is 3.49. The van der Waals surface area contributed by atoms with Crippen molar-refractivity contribution < 1.29 is 4.79 Å². The summed E-state index contributed by atoms with van der Waals surface area (Å²) in [6.07, 6.45) is 0. The topological polar surface area (TPSA) is 67.2 Å². The van der Waals surface area contributed by atoms with E-state index in [-0.39, 0.29) is 11.8 Å². The molecule has 0 radical (unpaired) electrons. The molecule has 2 atom stereocenters. The summed E-state index contributed by atoms with van der Waals surface area (Å²) in [6, 6.07) is 0. The van der Waals surface area contributed by atoms with Crippen LogP contribution in [0.25, 0.3) is 0 Å². The van der Waals surface area contributed by atoms with E-state index in [1.807, 2.05) is 0 Å². The Morgan fingerprint density at radius 3 is 2.92 bits per heavy atom. The van der Waals surface area contributed by atoms with Crippen molar-refractivity contribution in [2.45, 2.75) is 6.92 Å². The lowest BCUT2D eigenvalue weighted by Gasteiger charge is -2.13. The minimum absolute atomic E-state index is 0.136. The van der Waals surface area contributed by atoms with Crippen LogP contribution in [0.5, 0.6) is 0 Å². The first-order valence-corrected chi connectivity index (χ1v) is 4.44. The first kappa shape index (κ1) is 9.48. The number of hydrogen-bond donors (Lipinski definition) is 3. The second-order valence-electron chi connectivity index (χ2n) is 3.32. The lowest BCUT2D eigenvalue weighted by molar-refractivity contribution is -0.125. The van der Waals surface area contributed by atoms with Gasteiger partial charge in [-0.05, 0) is 12.5 Å². The van der Waals surface area contributed by atoms with Crippen LogP contribution in [0.3, 0.4) is 0 Å². The minimum Gasteiger partial charge on any atom is -0.355 e. The zero-order chi connectivity index (χ0) is 8.97. The molecule has 1 heterocycles. The van der Waals surface area contributed by atoms with Crippen LogP contribution in [0.2, 0.25) is 0 Å². The molecule has 0 bridgehead atoms. The van der Waals surface area contributed by atoms with Crippen LogP contribution in [0.1, 0.15) is 6.92 Å². The Morgan fingerprint density at radius 1 is 1.67 bits per heavy atom. The maximum absolute atomic E-state index is 11.4. The van der Waals surface area contributed by atoms with Crippen molar-refractivity contribution in [3.05, 3.63) is 0 Å². The molecule has 0 aliphatic carbocycles. The Morgan fingerprint density at radius 2 is 2.42 bits per heavy atom. The summed E-state index contributed by atoms with van der Waals surface area (Å²) in [5, 5.41) is 5.99. The van der Waals surface area contributed by atoms with Gasteiger partial charge in [0.05, 0.1) is 5.92 Å². The van der Waals surface area contributed by atoms with E-state index in [0.717, 1.165) is 13.1 Å². The van der Waals surface area contributed by atoms with Gasteiger partial charge in [0.25, 0.3) is 0 Å².